The largest absolute Gasteiger partial charge is 0.268 e. The number of thiophene rings is 1. The highest BCUT2D eigenvalue weighted by Gasteiger charge is 2.07. The standard InChI is InChI=1S/C15H11FN2OS/c16-12-5-2-1-4-11(12)10-18-15(19)8-7-13(17-18)14-6-3-9-20-14/h1-9H,10H2. The van der Waals surface area contributed by atoms with Gasteiger partial charge in [0.25, 0.3) is 5.56 Å². The van der Waals surface area contributed by atoms with E-state index in [1.54, 1.807) is 35.6 Å². The Morgan fingerprint density at radius 3 is 2.70 bits per heavy atom. The second-order valence-electron chi connectivity index (χ2n) is 4.28. The minimum absolute atomic E-state index is 0.130. The Balaban J connectivity index is 2.00. The first kappa shape index (κ1) is 12.7. The van der Waals surface area contributed by atoms with Crippen LogP contribution in [0.3, 0.4) is 0 Å². The quantitative estimate of drug-likeness (QED) is 0.741. The van der Waals surface area contributed by atoms with Crippen molar-refractivity contribution >= 4 is 11.3 Å². The fourth-order valence-corrected chi connectivity index (χ4v) is 2.60. The summed E-state index contributed by atoms with van der Waals surface area (Å²) in [6.45, 7) is 0.130. The molecule has 0 atom stereocenters. The molecule has 0 unspecified atom stereocenters. The molecule has 2 heterocycles. The fraction of sp³-hybridized carbons (Fsp3) is 0.0667. The van der Waals surface area contributed by atoms with Crippen molar-refractivity contribution in [3.8, 4) is 10.6 Å². The van der Waals surface area contributed by atoms with Crippen molar-refractivity contribution in [3.05, 3.63) is 75.6 Å². The molecule has 2 aromatic heterocycles. The molecule has 20 heavy (non-hydrogen) atoms. The van der Waals surface area contributed by atoms with Gasteiger partial charge in [-0.25, -0.2) is 9.07 Å². The summed E-state index contributed by atoms with van der Waals surface area (Å²) in [4.78, 5) is 12.8. The first-order valence-electron chi connectivity index (χ1n) is 6.09. The number of rotatable bonds is 3. The van der Waals surface area contributed by atoms with Gasteiger partial charge in [0.2, 0.25) is 0 Å². The summed E-state index contributed by atoms with van der Waals surface area (Å²) < 4.78 is 14.9. The van der Waals surface area contributed by atoms with E-state index in [1.165, 1.54) is 16.8 Å². The Morgan fingerprint density at radius 2 is 1.95 bits per heavy atom. The predicted octanol–water partition coefficient (Wildman–Crippen LogP) is 3.16. The summed E-state index contributed by atoms with van der Waals surface area (Å²) >= 11 is 1.55. The monoisotopic (exact) mass is 286 g/mol. The lowest BCUT2D eigenvalue weighted by molar-refractivity contribution is 0.573. The molecule has 0 spiro atoms. The Bertz CT molecular complexity index is 781. The molecule has 0 aliphatic rings. The molecule has 1 aromatic carbocycles. The smallest absolute Gasteiger partial charge is 0.267 e. The van der Waals surface area contributed by atoms with Gasteiger partial charge in [0.05, 0.1) is 11.4 Å². The number of nitrogens with zero attached hydrogens (tertiary/aromatic N) is 2. The fourth-order valence-electron chi connectivity index (χ4n) is 1.91. The van der Waals surface area contributed by atoms with Crippen LogP contribution in [0.15, 0.2) is 58.7 Å². The van der Waals surface area contributed by atoms with Crippen LogP contribution in [0, 0.1) is 5.82 Å². The van der Waals surface area contributed by atoms with Crippen molar-refractivity contribution in [2.45, 2.75) is 6.54 Å². The molecular formula is C15H11FN2OS. The average molecular weight is 286 g/mol. The van der Waals surface area contributed by atoms with Crippen molar-refractivity contribution < 1.29 is 4.39 Å². The summed E-state index contributed by atoms with van der Waals surface area (Å²) in [5.41, 5.74) is 0.926. The topological polar surface area (TPSA) is 34.9 Å². The van der Waals surface area contributed by atoms with E-state index in [4.69, 9.17) is 0 Å². The van der Waals surface area contributed by atoms with Crippen LogP contribution < -0.4 is 5.56 Å². The first-order valence-corrected chi connectivity index (χ1v) is 6.97. The Kier molecular flexibility index (Phi) is 3.43. The van der Waals surface area contributed by atoms with E-state index < -0.39 is 0 Å². The highest BCUT2D eigenvalue weighted by Crippen LogP contribution is 2.21. The number of hydrogen-bond donors (Lipinski definition) is 0. The van der Waals surface area contributed by atoms with Crippen LogP contribution in [-0.4, -0.2) is 9.78 Å². The molecule has 0 aliphatic carbocycles. The van der Waals surface area contributed by atoms with Crippen LogP contribution in [0.4, 0.5) is 4.39 Å². The summed E-state index contributed by atoms with van der Waals surface area (Å²) in [5.74, 6) is -0.331. The minimum atomic E-state index is -0.331. The summed E-state index contributed by atoms with van der Waals surface area (Å²) in [5, 5.41) is 6.25. The molecule has 3 rings (SSSR count). The van der Waals surface area contributed by atoms with Crippen LogP contribution in [-0.2, 0) is 6.54 Å². The zero-order chi connectivity index (χ0) is 13.9. The number of hydrogen-bond acceptors (Lipinski definition) is 3. The Morgan fingerprint density at radius 1 is 1.10 bits per heavy atom. The lowest BCUT2D eigenvalue weighted by Crippen LogP contribution is -2.23. The Labute approximate surface area is 118 Å². The highest BCUT2D eigenvalue weighted by molar-refractivity contribution is 7.13. The zero-order valence-corrected chi connectivity index (χ0v) is 11.3. The van der Waals surface area contributed by atoms with Gasteiger partial charge in [-0.3, -0.25) is 4.79 Å². The van der Waals surface area contributed by atoms with E-state index in [0.29, 0.717) is 5.56 Å². The molecule has 3 aromatic rings. The van der Waals surface area contributed by atoms with Crippen LogP contribution in [0.25, 0.3) is 10.6 Å². The number of aromatic nitrogens is 2. The van der Waals surface area contributed by atoms with Gasteiger partial charge in [0.1, 0.15) is 11.5 Å². The van der Waals surface area contributed by atoms with E-state index in [0.717, 1.165) is 10.6 Å². The van der Waals surface area contributed by atoms with Crippen molar-refractivity contribution in [2.24, 2.45) is 0 Å². The van der Waals surface area contributed by atoms with Gasteiger partial charge in [-0.1, -0.05) is 24.3 Å². The lowest BCUT2D eigenvalue weighted by Gasteiger charge is -2.07. The van der Waals surface area contributed by atoms with Crippen LogP contribution >= 0.6 is 11.3 Å². The van der Waals surface area contributed by atoms with Gasteiger partial charge in [-0.2, -0.15) is 5.10 Å². The van der Waals surface area contributed by atoms with E-state index in [-0.39, 0.29) is 17.9 Å². The molecule has 0 bridgehead atoms. The van der Waals surface area contributed by atoms with Crippen LogP contribution in [0.2, 0.25) is 0 Å². The summed E-state index contributed by atoms with van der Waals surface area (Å²) in [6.07, 6.45) is 0. The first-order chi connectivity index (χ1) is 9.74. The molecule has 3 nitrogen and oxygen atoms in total. The van der Waals surface area contributed by atoms with Gasteiger partial charge in [-0.05, 0) is 23.6 Å². The van der Waals surface area contributed by atoms with Gasteiger partial charge in [-0.15, -0.1) is 11.3 Å². The van der Waals surface area contributed by atoms with Crippen molar-refractivity contribution in [2.75, 3.05) is 0 Å². The SMILES string of the molecule is O=c1ccc(-c2cccs2)nn1Cc1ccccc1F. The van der Waals surface area contributed by atoms with Gasteiger partial charge in [0, 0.05) is 11.6 Å². The molecule has 5 heteroatoms. The molecule has 0 amide bonds. The van der Waals surface area contributed by atoms with Gasteiger partial charge >= 0.3 is 0 Å². The third-order valence-corrected chi connectivity index (χ3v) is 3.81. The highest BCUT2D eigenvalue weighted by atomic mass is 32.1. The second-order valence-corrected chi connectivity index (χ2v) is 5.23. The van der Waals surface area contributed by atoms with Crippen LogP contribution in [0.1, 0.15) is 5.56 Å². The average Bonchev–Trinajstić information content (AvgIpc) is 2.98. The van der Waals surface area contributed by atoms with E-state index in [1.807, 2.05) is 17.5 Å². The zero-order valence-electron chi connectivity index (χ0n) is 10.5. The third-order valence-electron chi connectivity index (χ3n) is 2.92. The van der Waals surface area contributed by atoms with Crippen LogP contribution in [0.5, 0.6) is 0 Å². The molecule has 0 aliphatic heterocycles. The second kappa shape index (κ2) is 5.38. The van der Waals surface area contributed by atoms with E-state index >= 15 is 0 Å². The third kappa shape index (κ3) is 2.53. The van der Waals surface area contributed by atoms with Crippen molar-refractivity contribution in [1.29, 1.82) is 0 Å². The van der Waals surface area contributed by atoms with E-state index in [2.05, 4.69) is 5.10 Å². The maximum absolute atomic E-state index is 13.6. The Hall–Kier alpha value is -2.27. The molecule has 0 saturated carbocycles. The lowest BCUT2D eigenvalue weighted by atomic mass is 10.2. The summed E-state index contributed by atoms with van der Waals surface area (Å²) in [7, 11) is 0. The molecule has 0 N–H and O–H groups in total. The molecular weight excluding hydrogens is 275 g/mol. The molecule has 0 saturated heterocycles. The summed E-state index contributed by atoms with van der Waals surface area (Å²) in [6, 6.07) is 13.4. The number of benzene rings is 1. The molecule has 100 valence electrons. The van der Waals surface area contributed by atoms with E-state index in [9.17, 15) is 9.18 Å². The molecule has 0 radical (unpaired) electrons. The maximum atomic E-state index is 13.6. The normalized spacial score (nSPS) is 10.7. The predicted molar refractivity (Wildman–Crippen MR) is 77.3 cm³/mol. The van der Waals surface area contributed by atoms with Gasteiger partial charge in [0.15, 0.2) is 0 Å². The van der Waals surface area contributed by atoms with Crippen molar-refractivity contribution in [3.63, 3.8) is 0 Å². The van der Waals surface area contributed by atoms with Gasteiger partial charge < -0.3 is 0 Å². The maximum Gasteiger partial charge on any atom is 0.267 e. The number of halogens is 1. The minimum Gasteiger partial charge on any atom is -0.268 e. The molecule has 0 fully saturated rings. The van der Waals surface area contributed by atoms with Crippen molar-refractivity contribution in [1.82, 2.24) is 9.78 Å².